The largest absolute Gasteiger partial charge is 0.0988 e. The zero-order valence-electron chi connectivity index (χ0n) is 7.67. The van der Waals surface area contributed by atoms with Gasteiger partial charge < -0.3 is 0 Å². The van der Waals surface area contributed by atoms with Crippen LogP contribution in [0, 0.1) is 6.92 Å². The average Bonchev–Trinajstić information content (AvgIpc) is 2.04. The fraction of sp³-hybridized carbons (Fsp3) is 0.167. The van der Waals surface area contributed by atoms with Crippen molar-refractivity contribution < 1.29 is 0 Å². The molecule has 0 atom stereocenters. The van der Waals surface area contributed by atoms with Crippen LogP contribution in [0.25, 0.3) is 6.08 Å². The van der Waals surface area contributed by atoms with E-state index in [9.17, 15) is 0 Å². The lowest BCUT2D eigenvalue weighted by Gasteiger charge is -1.96. The minimum atomic E-state index is 1.20. The van der Waals surface area contributed by atoms with Gasteiger partial charge in [0.05, 0.1) is 0 Å². The summed E-state index contributed by atoms with van der Waals surface area (Å²) in [5, 5.41) is 0. The van der Waals surface area contributed by atoms with E-state index in [1.54, 1.807) is 0 Å². The molecule has 0 aromatic heterocycles. The molecule has 0 fully saturated rings. The van der Waals surface area contributed by atoms with Crippen LogP contribution in [0.1, 0.15) is 18.1 Å². The molecule has 0 heteroatoms. The molecular formula is C12H14. The Balaban J connectivity index is 2.97. The van der Waals surface area contributed by atoms with E-state index in [0.717, 1.165) is 0 Å². The average molecular weight is 158 g/mol. The first-order chi connectivity index (χ1) is 5.72. The number of rotatable bonds is 2. The third kappa shape index (κ3) is 2.39. The van der Waals surface area contributed by atoms with E-state index in [0.29, 0.717) is 0 Å². The SMILES string of the molecule is C=C/C(C)=C/c1cccc(C)c1. The van der Waals surface area contributed by atoms with Gasteiger partial charge in [-0.25, -0.2) is 0 Å². The zero-order chi connectivity index (χ0) is 8.97. The van der Waals surface area contributed by atoms with Crippen molar-refractivity contribution in [2.24, 2.45) is 0 Å². The maximum atomic E-state index is 3.71. The van der Waals surface area contributed by atoms with Gasteiger partial charge in [0.1, 0.15) is 0 Å². The maximum Gasteiger partial charge on any atom is -0.0251 e. The molecule has 0 bridgehead atoms. The van der Waals surface area contributed by atoms with Crippen LogP contribution < -0.4 is 0 Å². The molecule has 0 spiro atoms. The van der Waals surface area contributed by atoms with Gasteiger partial charge in [-0.15, -0.1) is 0 Å². The van der Waals surface area contributed by atoms with Crippen molar-refractivity contribution in [3.63, 3.8) is 0 Å². The second kappa shape index (κ2) is 3.91. The van der Waals surface area contributed by atoms with Crippen LogP contribution in [-0.4, -0.2) is 0 Å². The van der Waals surface area contributed by atoms with Crippen LogP contribution >= 0.6 is 0 Å². The fourth-order valence-electron chi connectivity index (χ4n) is 1.08. The van der Waals surface area contributed by atoms with Crippen molar-refractivity contribution in [2.75, 3.05) is 0 Å². The second-order valence-electron chi connectivity index (χ2n) is 3.01. The smallest absolute Gasteiger partial charge is 0.0251 e. The normalized spacial score (nSPS) is 11.3. The molecule has 1 aromatic carbocycles. The van der Waals surface area contributed by atoms with E-state index in [1.807, 2.05) is 6.08 Å². The predicted octanol–water partition coefficient (Wildman–Crippen LogP) is 3.58. The topological polar surface area (TPSA) is 0 Å². The second-order valence-corrected chi connectivity index (χ2v) is 3.01. The number of hydrogen-bond acceptors (Lipinski definition) is 0. The van der Waals surface area contributed by atoms with E-state index < -0.39 is 0 Å². The summed E-state index contributed by atoms with van der Waals surface area (Å²) in [6.07, 6.45) is 3.99. The molecule has 0 saturated carbocycles. The predicted molar refractivity (Wildman–Crippen MR) is 55.0 cm³/mol. The Bertz CT molecular complexity index is 306. The van der Waals surface area contributed by atoms with E-state index in [-0.39, 0.29) is 0 Å². The molecule has 0 aliphatic rings. The van der Waals surface area contributed by atoms with Gasteiger partial charge in [-0.05, 0) is 19.4 Å². The zero-order valence-corrected chi connectivity index (χ0v) is 7.67. The van der Waals surface area contributed by atoms with Crippen molar-refractivity contribution >= 4 is 6.08 Å². The Labute approximate surface area is 74.2 Å². The summed E-state index contributed by atoms with van der Waals surface area (Å²) in [7, 11) is 0. The summed E-state index contributed by atoms with van der Waals surface area (Å²) in [4.78, 5) is 0. The lowest BCUT2D eigenvalue weighted by atomic mass is 10.1. The lowest BCUT2D eigenvalue weighted by molar-refractivity contribution is 1.45. The molecule has 1 aromatic rings. The standard InChI is InChI=1S/C12H14/c1-4-10(2)8-12-7-5-6-11(3)9-12/h4-9H,1H2,2-3H3/b10-8+. The van der Waals surface area contributed by atoms with Crippen molar-refractivity contribution in [3.05, 3.63) is 53.6 Å². The minimum absolute atomic E-state index is 1.20. The Morgan fingerprint density at radius 1 is 1.42 bits per heavy atom. The number of hydrogen-bond donors (Lipinski definition) is 0. The highest BCUT2D eigenvalue weighted by molar-refractivity contribution is 5.55. The number of benzene rings is 1. The summed E-state index contributed by atoms with van der Waals surface area (Å²) in [5.41, 5.74) is 3.73. The van der Waals surface area contributed by atoms with Crippen LogP contribution in [0.4, 0.5) is 0 Å². The first-order valence-electron chi connectivity index (χ1n) is 4.10. The van der Waals surface area contributed by atoms with Crippen molar-refractivity contribution in [3.8, 4) is 0 Å². The summed E-state index contributed by atoms with van der Waals surface area (Å²) in [5.74, 6) is 0. The quantitative estimate of drug-likeness (QED) is 0.577. The monoisotopic (exact) mass is 158 g/mol. The summed E-state index contributed by atoms with van der Waals surface area (Å²) >= 11 is 0. The molecular weight excluding hydrogens is 144 g/mol. The van der Waals surface area contributed by atoms with Gasteiger partial charge in [0, 0.05) is 0 Å². The Kier molecular flexibility index (Phi) is 2.87. The van der Waals surface area contributed by atoms with E-state index in [1.165, 1.54) is 16.7 Å². The highest BCUT2D eigenvalue weighted by atomic mass is 13.9. The molecule has 0 heterocycles. The Morgan fingerprint density at radius 3 is 2.75 bits per heavy atom. The van der Waals surface area contributed by atoms with Crippen molar-refractivity contribution in [2.45, 2.75) is 13.8 Å². The third-order valence-corrected chi connectivity index (χ3v) is 1.76. The van der Waals surface area contributed by atoms with Gasteiger partial charge in [-0.3, -0.25) is 0 Å². The van der Waals surface area contributed by atoms with E-state index in [2.05, 4.69) is 50.8 Å². The van der Waals surface area contributed by atoms with Gasteiger partial charge >= 0.3 is 0 Å². The minimum Gasteiger partial charge on any atom is -0.0988 e. The van der Waals surface area contributed by atoms with Crippen molar-refractivity contribution in [1.82, 2.24) is 0 Å². The highest BCUT2D eigenvalue weighted by Gasteiger charge is 1.87. The summed E-state index contributed by atoms with van der Waals surface area (Å²) in [6, 6.07) is 8.42. The highest BCUT2D eigenvalue weighted by Crippen LogP contribution is 2.08. The first kappa shape index (κ1) is 8.79. The molecule has 1 rings (SSSR count). The first-order valence-corrected chi connectivity index (χ1v) is 4.10. The van der Waals surface area contributed by atoms with Crippen LogP contribution in [0.15, 0.2) is 42.5 Å². The molecule has 0 nitrogen and oxygen atoms in total. The van der Waals surface area contributed by atoms with Gasteiger partial charge in [-0.2, -0.15) is 0 Å². The van der Waals surface area contributed by atoms with E-state index >= 15 is 0 Å². The number of aryl methyl sites for hydroxylation is 1. The fourth-order valence-corrected chi connectivity index (χ4v) is 1.08. The van der Waals surface area contributed by atoms with Gasteiger partial charge in [0.2, 0.25) is 0 Å². The molecule has 0 unspecified atom stereocenters. The van der Waals surface area contributed by atoms with Gasteiger partial charge in [-0.1, -0.05) is 54.1 Å². The van der Waals surface area contributed by atoms with Crippen LogP contribution in [0.5, 0.6) is 0 Å². The molecule has 0 aliphatic heterocycles. The van der Waals surface area contributed by atoms with Gasteiger partial charge in [0.15, 0.2) is 0 Å². The van der Waals surface area contributed by atoms with Crippen molar-refractivity contribution in [1.29, 1.82) is 0 Å². The lowest BCUT2D eigenvalue weighted by Crippen LogP contribution is -1.75. The van der Waals surface area contributed by atoms with Crippen LogP contribution in [-0.2, 0) is 0 Å². The maximum absolute atomic E-state index is 3.71. The molecule has 62 valence electrons. The molecule has 12 heavy (non-hydrogen) atoms. The summed E-state index contributed by atoms with van der Waals surface area (Å²) < 4.78 is 0. The van der Waals surface area contributed by atoms with Crippen LogP contribution in [0.2, 0.25) is 0 Å². The molecule has 0 saturated heterocycles. The molecule has 0 amide bonds. The van der Waals surface area contributed by atoms with E-state index in [4.69, 9.17) is 0 Å². The van der Waals surface area contributed by atoms with Gasteiger partial charge in [0.25, 0.3) is 0 Å². The Hall–Kier alpha value is -1.30. The Morgan fingerprint density at radius 2 is 2.17 bits per heavy atom. The van der Waals surface area contributed by atoms with Crippen LogP contribution in [0.3, 0.4) is 0 Å². The summed E-state index contributed by atoms with van der Waals surface area (Å²) in [6.45, 7) is 7.86. The number of allylic oxidation sites excluding steroid dienone is 2. The molecule has 0 radical (unpaired) electrons. The molecule has 0 aliphatic carbocycles. The molecule has 0 N–H and O–H groups in total. The third-order valence-electron chi connectivity index (χ3n) is 1.76.